The maximum atomic E-state index is 13.4. The average molecular weight is 416 g/mol. The van der Waals surface area contributed by atoms with E-state index in [9.17, 15) is 22.4 Å². The molecule has 1 atom stereocenters. The van der Waals surface area contributed by atoms with Gasteiger partial charge in [0.2, 0.25) is 5.91 Å². The highest BCUT2D eigenvalue weighted by atomic mass is 19.4. The normalized spacial score (nSPS) is 12.6. The molecule has 3 aromatic rings. The van der Waals surface area contributed by atoms with Crippen LogP contribution in [0.1, 0.15) is 22.7 Å². The van der Waals surface area contributed by atoms with E-state index in [0.717, 1.165) is 17.2 Å². The molecule has 156 valence electrons. The first-order valence-electron chi connectivity index (χ1n) is 9.22. The van der Waals surface area contributed by atoms with Gasteiger partial charge in [-0.05, 0) is 42.4 Å². The van der Waals surface area contributed by atoms with Crippen LogP contribution in [0.25, 0.3) is 0 Å². The van der Waals surface area contributed by atoms with Crippen molar-refractivity contribution in [2.75, 3.05) is 18.9 Å². The minimum Gasteiger partial charge on any atom is -0.324 e. The highest BCUT2D eigenvalue weighted by Gasteiger charge is 2.33. The first-order chi connectivity index (χ1) is 14.3. The van der Waals surface area contributed by atoms with Gasteiger partial charge in [0.25, 0.3) is 0 Å². The molecular formula is C23H20F4N2O. The number of halogens is 4. The van der Waals surface area contributed by atoms with Crippen molar-refractivity contribution < 1.29 is 22.4 Å². The van der Waals surface area contributed by atoms with Gasteiger partial charge in [-0.25, -0.2) is 4.39 Å². The summed E-state index contributed by atoms with van der Waals surface area (Å²) in [6.07, 6.45) is -4.57. The number of carbonyl (C=O) groups is 1. The van der Waals surface area contributed by atoms with Crippen LogP contribution in [0.3, 0.4) is 0 Å². The van der Waals surface area contributed by atoms with Gasteiger partial charge in [-0.1, -0.05) is 54.6 Å². The number of benzene rings is 3. The van der Waals surface area contributed by atoms with Crippen molar-refractivity contribution in [1.29, 1.82) is 0 Å². The number of rotatable bonds is 6. The second kappa shape index (κ2) is 9.09. The fourth-order valence-corrected chi connectivity index (χ4v) is 3.33. The summed E-state index contributed by atoms with van der Waals surface area (Å²) in [7, 11) is 1.69. The van der Waals surface area contributed by atoms with Gasteiger partial charge in [0.15, 0.2) is 0 Å². The van der Waals surface area contributed by atoms with Crippen molar-refractivity contribution >= 4 is 11.6 Å². The van der Waals surface area contributed by atoms with Gasteiger partial charge in [0.1, 0.15) is 5.82 Å². The molecule has 7 heteroatoms. The number of hydrogen-bond donors (Lipinski definition) is 1. The minimum absolute atomic E-state index is 0.164. The Morgan fingerprint density at radius 3 is 2.10 bits per heavy atom. The third-order valence-corrected chi connectivity index (χ3v) is 4.64. The van der Waals surface area contributed by atoms with Gasteiger partial charge in [-0.15, -0.1) is 0 Å². The van der Waals surface area contributed by atoms with Crippen molar-refractivity contribution in [2.24, 2.45) is 0 Å². The molecule has 3 aromatic carbocycles. The molecule has 0 aliphatic heterocycles. The molecule has 0 fully saturated rings. The molecule has 0 spiro atoms. The first-order valence-corrected chi connectivity index (χ1v) is 9.22. The van der Waals surface area contributed by atoms with E-state index in [1.807, 2.05) is 30.3 Å². The van der Waals surface area contributed by atoms with Crippen LogP contribution in [0.4, 0.5) is 23.2 Å². The third-order valence-electron chi connectivity index (χ3n) is 4.64. The summed E-state index contributed by atoms with van der Waals surface area (Å²) in [6, 6.07) is 19.7. The van der Waals surface area contributed by atoms with E-state index >= 15 is 0 Å². The number of hydrogen-bond acceptors (Lipinski definition) is 2. The molecule has 0 heterocycles. The van der Waals surface area contributed by atoms with E-state index in [1.165, 1.54) is 30.3 Å². The molecule has 0 saturated carbocycles. The lowest BCUT2D eigenvalue weighted by Gasteiger charge is -2.28. The zero-order valence-corrected chi connectivity index (χ0v) is 16.2. The average Bonchev–Trinajstić information content (AvgIpc) is 2.70. The molecule has 0 radical (unpaired) electrons. The van der Waals surface area contributed by atoms with Crippen molar-refractivity contribution in [3.8, 4) is 0 Å². The number of anilines is 1. The first kappa shape index (κ1) is 21.5. The highest BCUT2D eigenvalue weighted by molar-refractivity contribution is 5.93. The summed E-state index contributed by atoms with van der Waals surface area (Å²) in [5.41, 5.74) is 0.435. The number of para-hydroxylation sites is 1. The number of likely N-dealkylation sites (N-methyl/N-ethyl adjacent to an activating group) is 1. The van der Waals surface area contributed by atoms with E-state index in [0.29, 0.717) is 0 Å². The summed E-state index contributed by atoms with van der Waals surface area (Å²) in [6.45, 7) is -0.164. The van der Waals surface area contributed by atoms with Crippen molar-refractivity contribution in [3.63, 3.8) is 0 Å². The van der Waals surface area contributed by atoms with Gasteiger partial charge in [0.05, 0.1) is 23.8 Å². The van der Waals surface area contributed by atoms with Crippen LogP contribution in [-0.4, -0.2) is 24.4 Å². The predicted molar refractivity (Wildman–Crippen MR) is 107 cm³/mol. The second-order valence-corrected chi connectivity index (χ2v) is 6.87. The Morgan fingerprint density at radius 2 is 1.47 bits per heavy atom. The van der Waals surface area contributed by atoms with E-state index in [2.05, 4.69) is 5.32 Å². The van der Waals surface area contributed by atoms with E-state index in [4.69, 9.17) is 0 Å². The standard InChI is InChI=1S/C23H20F4N2O/c1-29(15-21(30)28-20-10-6-5-9-19(20)23(25,26)27)22(16-7-3-2-4-8-16)17-11-13-18(24)14-12-17/h2-14,22H,15H2,1H3,(H,28,30). The van der Waals surface area contributed by atoms with E-state index in [1.54, 1.807) is 24.1 Å². The maximum absolute atomic E-state index is 13.4. The molecule has 1 unspecified atom stereocenters. The molecule has 3 rings (SSSR count). The van der Waals surface area contributed by atoms with Crippen LogP contribution in [-0.2, 0) is 11.0 Å². The van der Waals surface area contributed by atoms with Crippen LogP contribution >= 0.6 is 0 Å². The Labute approximate surface area is 172 Å². The smallest absolute Gasteiger partial charge is 0.324 e. The second-order valence-electron chi connectivity index (χ2n) is 6.87. The molecule has 1 amide bonds. The number of nitrogens with zero attached hydrogens (tertiary/aromatic N) is 1. The SMILES string of the molecule is CN(CC(=O)Nc1ccccc1C(F)(F)F)C(c1ccccc1)c1ccc(F)cc1. The van der Waals surface area contributed by atoms with Gasteiger partial charge in [-0.3, -0.25) is 9.69 Å². The Bertz CT molecular complexity index is 988. The molecule has 1 N–H and O–H groups in total. The quantitative estimate of drug-likeness (QED) is 0.538. The zero-order chi connectivity index (χ0) is 21.7. The van der Waals surface area contributed by atoms with Gasteiger partial charge in [-0.2, -0.15) is 13.2 Å². The number of alkyl halides is 3. The monoisotopic (exact) mass is 416 g/mol. The lowest BCUT2D eigenvalue weighted by atomic mass is 9.97. The molecule has 0 aliphatic carbocycles. The van der Waals surface area contributed by atoms with Gasteiger partial charge in [0, 0.05) is 0 Å². The van der Waals surface area contributed by atoms with Crippen molar-refractivity contribution in [3.05, 3.63) is 101 Å². The molecule has 0 aliphatic rings. The van der Waals surface area contributed by atoms with Crippen LogP contribution in [0.5, 0.6) is 0 Å². The molecule has 0 bridgehead atoms. The number of nitrogens with one attached hydrogen (secondary N) is 1. The molecule has 3 nitrogen and oxygen atoms in total. The van der Waals surface area contributed by atoms with Crippen LogP contribution < -0.4 is 5.32 Å². The van der Waals surface area contributed by atoms with Gasteiger partial charge >= 0.3 is 6.18 Å². The summed E-state index contributed by atoms with van der Waals surface area (Å²) in [5, 5.41) is 2.35. The molecule has 0 saturated heterocycles. The number of amides is 1. The Kier molecular flexibility index (Phi) is 6.52. The summed E-state index contributed by atoms with van der Waals surface area (Å²) < 4.78 is 52.9. The maximum Gasteiger partial charge on any atom is 0.418 e. The predicted octanol–water partition coefficient (Wildman–Crippen LogP) is 5.50. The lowest BCUT2D eigenvalue weighted by Crippen LogP contribution is -2.34. The minimum atomic E-state index is -4.57. The van der Waals surface area contributed by atoms with E-state index < -0.39 is 17.6 Å². The summed E-state index contributed by atoms with van der Waals surface area (Å²) in [5.74, 6) is -0.966. The largest absolute Gasteiger partial charge is 0.418 e. The fourth-order valence-electron chi connectivity index (χ4n) is 3.33. The fraction of sp³-hybridized carbons (Fsp3) is 0.174. The Hall–Kier alpha value is -3.19. The topological polar surface area (TPSA) is 32.3 Å². The van der Waals surface area contributed by atoms with Crippen LogP contribution in [0.15, 0.2) is 78.9 Å². The number of carbonyl (C=O) groups excluding carboxylic acids is 1. The zero-order valence-electron chi connectivity index (χ0n) is 16.2. The van der Waals surface area contributed by atoms with Crippen molar-refractivity contribution in [1.82, 2.24) is 4.90 Å². The lowest BCUT2D eigenvalue weighted by molar-refractivity contribution is -0.137. The summed E-state index contributed by atoms with van der Waals surface area (Å²) in [4.78, 5) is 14.2. The van der Waals surface area contributed by atoms with Crippen molar-refractivity contribution in [2.45, 2.75) is 12.2 Å². The molecule has 0 aromatic heterocycles. The van der Waals surface area contributed by atoms with Gasteiger partial charge < -0.3 is 5.32 Å². The van der Waals surface area contributed by atoms with Crippen LogP contribution in [0.2, 0.25) is 0 Å². The Balaban J connectivity index is 1.82. The van der Waals surface area contributed by atoms with Crippen LogP contribution in [0, 0.1) is 5.82 Å². The highest BCUT2D eigenvalue weighted by Crippen LogP contribution is 2.34. The Morgan fingerprint density at radius 1 is 0.900 bits per heavy atom. The van der Waals surface area contributed by atoms with E-state index in [-0.39, 0.29) is 24.1 Å². The molecule has 30 heavy (non-hydrogen) atoms. The molecular weight excluding hydrogens is 396 g/mol. The third kappa shape index (κ3) is 5.24. The summed E-state index contributed by atoms with van der Waals surface area (Å²) >= 11 is 0.